The fourth-order valence-electron chi connectivity index (χ4n) is 2.66. The normalized spacial score (nSPS) is 10.6. The van der Waals surface area contributed by atoms with Crippen LogP contribution in [0.25, 0.3) is 0 Å². The Balaban J connectivity index is 1.55. The van der Waals surface area contributed by atoms with Gasteiger partial charge in [-0.2, -0.15) is 0 Å². The van der Waals surface area contributed by atoms with Gasteiger partial charge in [0.2, 0.25) is 0 Å². The summed E-state index contributed by atoms with van der Waals surface area (Å²) in [6.45, 7) is 1.98. The molecule has 3 rings (SSSR count). The third-order valence-electron chi connectivity index (χ3n) is 4.11. The molecule has 0 amide bonds. The van der Waals surface area contributed by atoms with E-state index < -0.39 is 0 Å². The Morgan fingerprint density at radius 1 is 0.720 bits per heavy atom. The van der Waals surface area contributed by atoms with E-state index >= 15 is 0 Å². The van der Waals surface area contributed by atoms with E-state index in [4.69, 9.17) is 14.2 Å². The molecule has 0 N–H and O–H groups in total. The molecule has 1 aromatic heterocycles. The number of benzene rings is 2. The molecule has 0 unspecified atom stereocenters. The van der Waals surface area contributed by atoms with Crippen molar-refractivity contribution in [2.45, 2.75) is 19.8 Å². The number of hydrogen-bond acceptors (Lipinski definition) is 3. The van der Waals surface area contributed by atoms with Gasteiger partial charge >= 0.3 is 0 Å². The van der Waals surface area contributed by atoms with Crippen molar-refractivity contribution < 1.29 is 14.2 Å². The average Bonchev–Trinajstić information content (AvgIpc) is 3.10. The van der Waals surface area contributed by atoms with E-state index in [1.54, 1.807) is 14.2 Å². The molecule has 0 bridgehead atoms. The van der Waals surface area contributed by atoms with Crippen LogP contribution in [-0.2, 0) is 24.5 Å². The van der Waals surface area contributed by atoms with Crippen LogP contribution in [-0.4, -0.2) is 18.8 Å². The van der Waals surface area contributed by atoms with Crippen molar-refractivity contribution in [1.29, 1.82) is 0 Å². The van der Waals surface area contributed by atoms with Crippen molar-refractivity contribution in [3.63, 3.8) is 0 Å². The highest BCUT2D eigenvalue weighted by Crippen LogP contribution is 2.15. The van der Waals surface area contributed by atoms with E-state index in [1.807, 2.05) is 36.4 Å². The predicted octanol–water partition coefficient (Wildman–Crippen LogP) is 4.27. The SMILES string of the molecule is COc1ccc(COCc2cccn2Cc2ccc(OC)cc2)cc1. The van der Waals surface area contributed by atoms with E-state index in [9.17, 15) is 0 Å². The zero-order valence-electron chi connectivity index (χ0n) is 14.6. The van der Waals surface area contributed by atoms with Crippen molar-refractivity contribution in [3.8, 4) is 11.5 Å². The van der Waals surface area contributed by atoms with E-state index in [0.717, 1.165) is 29.3 Å². The van der Waals surface area contributed by atoms with Crippen LogP contribution in [0.15, 0.2) is 66.9 Å². The summed E-state index contributed by atoms with van der Waals surface area (Å²) in [5, 5.41) is 0. The molecule has 4 heteroatoms. The highest BCUT2D eigenvalue weighted by molar-refractivity contribution is 5.28. The Bertz CT molecular complexity index is 776. The molecule has 0 atom stereocenters. The van der Waals surface area contributed by atoms with E-state index in [2.05, 4.69) is 35.0 Å². The van der Waals surface area contributed by atoms with Crippen LogP contribution in [0, 0.1) is 0 Å². The third-order valence-corrected chi connectivity index (χ3v) is 4.11. The zero-order valence-corrected chi connectivity index (χ0v) is 14.6. The maximum absolute atomic E-state index is 5.87. The second kappa shape index (κ2) is 8.40. The highest BCUT2D eigenvalue weighted by Gasteiger charge is 2.03. The number of ether oxygens (including phenoxy) is 3. The van der Waals surface area contributed by atoms with Gasteiger partial charge in [0.15, 0.2) is 0 Å². The summed E-state index contributed by atoms with van der Waals surface area (Å²) in [5.41, 5.74) is 3.52. The molecule has 0 saturated carbocycles. The minimum Gasteiger partial charge on any atom is -0.497 e. The lowest BCUT2D eigenvalue weighted by Gasteiger charge is -2.11. The zero-order chi connectivity index (χ0) is 17.5. The molecule has 1 heterocycles. The number of rotatable bonds is 8. The Morgan fingerprint density at radius 3 is 1.92 bits per heavy atom. The van der Waals surface area contributed by atoms with Crippen LogP contribution in [0.3, 0.4) is 0 Å². The fraction of sp³-hybridized carbons (Fsp3) is 0.238. The van der Waals surface area contributed by atoms with Gasteiger partial charge in [0, 0.05) is 18.4 Å². The van der Waals surface area contributed by atoms with Crippen molar-refractivity contribution >= 4 is 0 Å². The molecule has 0 radical (unpaired) electrons. The van der Waals surface area contributed by atoms with E-state index in [-0.39, 0.29) is 0 Å². The van der Waals surface area contributed by atoms with Gasteiger partial charge in [0.05, 0.1) is 27.4 Å². The lowest BCUT2D eigenvalue weighted by Crippen LogP contribution is -2.05. The molecule has 0 aliphatic rings. The molecule has 0 aliphatic carbocycles. The van der Waals surface area contributed by atoms with Crippen LogP contribution in [0.4, 0.5) is 0 Å². The molecule has 25 heavy (non-hydrogen) atoms. The summed E-state index contributed by atoms with van der Waals surface area (Å²) in [5.74, 6) is 1.73. The van der Waals surface area contributed by atoms with Gasteiger partial charge in [-0.3, -0.25) is 0 Å². The standard InChI is InChI=1S/C21H23NO3/c1-23-20-9-5-17(6-10-20)14-22-13-3-4-19(22)16-25-15-18-7-11-21(24-2)12-8-18/h3-13H,14-16H2,1-2H3. The summed E-state index contributed by atoms with van der Waals surface area (Å²) < 4.78 is 18.4. The lowest BCUT2D eigenvalue weighted by atomic mass is 10.2. The van der Waals surface area contributed by atoms with Crippen molar-refractivity contribution in [1.82, 2.24) is 4.57 Å². The summed E-state index contributed by atoms with van der Waals surface area (Å²) >= 11 is 0. The molecule has 2 aromatic carbocycles. The Labute approximate surface area is 148 Å². The number of nitrogens with zero attached hydrogens (tertiary/aromatic N) is 1. The maximum atomic E-state index is 5.87. The van der Waals surface area contributed by atoms with Crippen LogP contribution < -0.4 is 9.47 Å². The first-order valence-corrected chi connectivity index (χ1v) is 8.26. The number of methoxy groups -OCH3 is 2. The highest BCUT2D eigenvalue weighted by atomic mass is 16.5. The Kier molecular flexibility index (Phi) is 5.75. The topological polar surface area (TPSA) is 32.6 Å². The quantitative estimate of drug-likeness (QED) is 0.615. The third kappa shape index (κ3) is 4.64. The van der Waals surface area contributed by atoms with Crippen molar-refractivity contribution in [3.05, 3.63) is 83.7 Å². The fourth-order valence-corrected chi connectivity index (χ4v) is 2.66. The van der Waals surface area contributed by atoms with Gasteiger partial charge in [-0.05, 0) is 47.5 Å². The van der Waals surface area contributed by atoms with Crippen molar-refractivity contribution in [2.75, 3.05) is 14.2 Å². The van der Waals surface area contributed by atoms with Gasteiger partial charge in [-0.1, -0.05) is 24.3 Å². The lowest BCUT2D eigenvalue weighted by molar-refractivity contribution is 0.102. The van der Waals surface area contributed by atoms with Crippen molar-refractivity contribution in [2.24, 2.45) is 0 Å². The number of aromatic nitrogens is 1. The minimum absolute atomic E-state index is 0.579. The molecule has 0 spiro atoms. The second-order valence-corrected chi connectivity index (χ2v) is 5.82. The summed E-state index contributed by atoms with van der Waals surface area (Å²) in [4.78, 5) is 0. The van der Waals surface area contributed by atoms with Gasteiger partial charge in [0.25, 0.3) is 0 Å². The summed E-state index contributed by atoms with van der Waals surface area (Å²) in [6.07, 6.45) is 2.08. The summed E-state index contributed by atoms with van der Waals surface area (Å²) in [6, 6.07) is 20.2. The molecular weight excluding hydrogens is 314 g/mol. The van der Waals surface area contributed by atoms with Crippen LogP contribution >= 0.6 is 0 Å². The molecule has 0 fully saturated rings. The van der Waals surface area contributed by atoms with Gasteiger partial charge in [-0.25, -0.2) is 0 Å². The molecular formula is C21H23NO3. The monoisotopic (exact) mass is 337 g/mol. The predicted molar refractivity (Wildman–Crippen MR) is 98.0 cm³/mol. The van der Waals surface area contributed by atoms with E-state index in [0.29, 0.717) is 13.2 Å². The van der Waals surface area contributed by atoms with Gasteiger partial charge in [-0.15, -0.1) is 0 Å². The largest absolute Gasteiger partial charge is 0.497 e. The van der Waals surface area contributed by atoms with Gasteiger partial charge in [0.1, 0.15) is 11.5 Å². The molecule has 0 aliphatic heterocycles. The first-order valence-electron chi connectivity index (χ1n) is 8.26. The molecule has 3 aromatic rings. The van der Waals surface area contributed by atoms with E-state index in [1.165, 1.54) is 5.56 Å². The van der Waals surface area contributed by atoms with Crippen LogP contribution in [0.1, 0.15) is 16.8 Å². The van der Waals surface area contributed by atoms with Crippen LogP contribution in [0.2, 0.25) is 0 Å². The molecule has 130 valence electrons. The minimum atomic E-state index is 0.579. The molecule has 4 nitrogen and oxygen atoms in total. The number of hydrogen-bond donors (Lipinski definition) is 0. The second-order valence-electron chi connectivity index (χ2n) is 5.82. The molecule has 0 saturated heterocycles. The Morgan fingerprint density at radius 2 is 1.32 bits per heavy atom. The average molecular weight is 337 g/mol. The smallest absolute Gasteiger partial charge is 0.118 e. The first-order chi connectivity index (χ1) is 12.3. The Hall–Kier alpha value is -2.72. The van der Waals surface area contributed by atoms with Gasteiger partial charge < -0.3 is 18.8 Å². The van der Waals surface area contributed by atoms with Crippen LogP contribution in [0.5, 0.6) is 11.5 Å². The summed E-state index contributed by atoms with van der Waals surface area (Å²) in [7, 11) is 3.35. The maximum Gasteiger partial charge on any atom is 0.118 e. The first kappa shape index (κ1) is 17.1.